The minimum Gasteiger partial charge on any atom is -1.00 e. The number of benzene rings is 4. The molecule has 0 saturated carbocycles. The van der Waals surface area contributed by atoms with Gasteiger partial charge in [0.2, 0.25) is 0 Å². The third-order valence-electron chi connectivity index (χ3n) is 7.13. The van der Waals surface area contributed by atoms with E-state index >= 15 is 0 Å². The summed E-state index contributed by atoms with van der Waals surface area (Å²) in [5.74, 6) is 0. The van der Waals surface area contributed by atoms with E-state index in [1.807, 2.05) is 22.7 Å². The van der Waals surface area contributed by atoms with Crippen molar-refractivity contribution in [3.05, 3.63) is 158 Å². The molecule has 0 saturated heterocycles. The normalized spacial score (nSPS) is 10.2. The Labute approximate surface area is 292 Å². The fourth-order valence-electron chi connectivity index (χ4n) is 5.09. The topological polar surface area (TPSA) is 0 Å². The maximum atomic E-state index is 2.27. The molecule has 5 heteroatoms. The van der Waals surface area contributed by atoms with Crippen LogP contribution in [0.15, 0.2) is 158 Å². The molecule has 0 aliphatic heterocycles. The zero-order valence-electron chi connectivity index (χ0n) is 23.1. The predicted octanol–water partition coefficient (Wildman–Crippen LogP) is 5.91. The van der Waals surface area contributed by atoms with Crippen LogP contribution >= 0.6 is 22.7 Å². The predicted molar refractivity (Wildman–Crippen MR) is 177 cm³/mol. The molecule has 0 aliphatic rings. The number of hydrogen-bond donors (Lipinski definition) is 0. The quantitative estimate of drug-likeness (QED) is 0.200. The Kier molecular flexibility index (Phi) is 11.5. The molecule has 2 aromatic heterocycles. The third-order valence-corrected chi connectivity index (χ3v) is 9.50. The molecular formula is C38H26Cl2S2Zr. The SMILES string of the molecule is [Cl-].[Cl-].[Zr+4].c1ccc(-c2ccc(-c3cc4ccccc4[cH-]3)s2)cc1.c1ccc(-c2ccc(-c3cc4ccccc4[cH-]3)s2)cc1. The summed E-state index contributed by atoms with van der Waals surface area (Å²) >= 11 is 3.71. The Bertz CT molecular complexity index is 1800. The van der Waals surface area contributed by atoms with Crippen molar-refractivity contribution in [2.75, 3.05) is 0 Å². The van der Waals surface area contributed by atoms with Gasteiger partial charge in [-0.05, 0) is 20.9 Å². The van der Waals surface area contributed by atoms with Gasteiger partial charge in [0.05, 0.1) is 0 Å². The number of hydrogen-bond acceptors (Lipinski definition) is 2. The van der Waals surface area contributed by atoms with Crippen LogP contribution in [0.5, 0.6) is 0 Å². The van der Waals surface area contributed by atoms with E-state index in [1.54, 1.807) is 0 Å². The van der Waals surface area contributed by atoms with Gasteiger partial charge in [0.1, 0.15) is 0 Å². The van der Waals surface area contributed by atoms with Crippen molar-refractivity contribution in [2.24, 2.45) is 0 Å². The molecule has 8 rings (SSSR count). The fraction of sp³-hybridized carbons (Fsp3) is 0. The minimum atomic E-state index is 0. The zero-order valence-corrected chi connectivity index (χ0v) is 28.7. The molecule has 8 aromatic rings. The number of rotatable bonds is 4. The summed E-state index contributed by atoms with van der Waals surface area (Å²) in [6.45, 7) is 0. The summed E-state index contributed by atoms with van der Waals surface area (Å²) in [4.78, 5) is 5.32. The molecule has 0 radical (unpaired) electrons. The summed E-state index contributed by atoms with van der Waals surface area (Å²) in [6, 6.07) is 56.2. The van der Waals surface area contributed by atoms with Crippen LogP contribution in [-0.2, 0) is 26.2 Å². The third kappa shape index (κ3) is 7.37. The van der Waals surface area contributed by atoms with Crippen LogP contribution in [0.4, 0.5) is 0 Å². The molecule has 0 spiro atoms. The van der Waals surface area contributed by atoms with E-state index in [0.717, 1.165) is 0 Å². The largest absolute Gasteiger partial charge is 4.00 e. The van der Waals surface area contributed by atoms with Crippen LogP contribution in [-0.4, -0.2) is 0 Å². The fourth-order valence-corrected chi connectivity index (χ4v) is 7.08. The van der Waals surface area contributed by atoms with Crippen LogP contribution in [0.25, 0.3) is 63.3 Å². The molecule has 0 amide bonds. The Hall–Kier alpha value is -3.04. The van der Waals surface area contributed by atoms with Gasteiger partial charge in [-0.15, -0.1) is 69.1 Å². The van der Waals surface area contributed by atoms with E-state index in [0.29, 0.717) is 0 Å². The Balaban J connectivity index is 0.000000184. The molecule has 0 bridgehead atoms. The minimum absolute atomic E-state index is 0. The van der Waals surface area contributed by atoms with Crippen molar-refractivity contribution in [3.63, 3.8) is 0 Å². The number of halogens is 2. The van der Waals surface area contributed by atoms with Gasteiger partial charge >= 0.3 is 26.2 Å². The van der Waals surface area contributed by atoms with E-state index in [-0.39, 0.29) is 51.0 Å². The average molecular weight is 709 g/mol. The summed E-state index contributed by atoms with van der Waals surface area (Å²) in [7, 11) is 0. The Morgan fingerprint density at radius 1 is 0.372 bits per heavy atom. The zero-order chi connectivity index (χ0) is 26.7. The van der Waals surface area contributed by atoms with Crippen molar-refractivity contribution in [3.8, 4) is 41.8 Å². The second-order valence-electron chi connectivity index (χ2n) is 9.81. The molecule has 0 N–H and O–H groups in total. The molecule has 2 heterocycles. The molecule has 0 fully saturated rings. The number of thiophene rings is 2. The van der Waals surface area contributed by atoms with Gasteiger partial charge in [-0.25, -0.2) is 0 Å². The maximum absolute atomic E-state index is 2.27. The first-order chi connectivity index (χ1) is 19.8. The second-order valence-corrected chi connectivity index (χ2v) is 12.0. The summed E-state index contributed by atoms with van der Waals surface area (Å²) in [5, 5.41) is 5.27. The van der Waals surface area contributed by atoms with Gasteiger partial charge in [-0.2, -0.15) is 22.7 Å². The van der Waals surface area contributed by atoms with Crippen molar-refractivity contribution < 1.29 is 51.0 Å². The van der Waals surface area contributed by atoms with E-state index in [4.69, 9.17) is 0 Å². The van der Waals surface area contributed by atoms with Crippen molar-refractivity contribution in [1.82, 2.24) is 0 Å². The van der Waals surface area contributed by atoms with Crippen molar-refractivity contribution in [1.29, 1.82) is 0 Å². The van der Waals surface area contributed by atoms with Gasteiger partial charge in [0.15, 0.2) is 0 Å². The van der Waals surface area contributed by atoms with Crippen LogP contribution in [0.2, 0.25) is 0 Å². The molecule has 6 aromatic carbocycles. The van der Waals surface area contributed by atoms with E-state index in [2.05, 4.69) is 158 Å². The monoisotopic (exact) mass is 706 g/mol. The first-order valence-corrected chi connectivity index (χ1v) is 15.1. The summed E-state index contributed by atoms with van der Waals surface area (Å²) < 4.78 is 0. The van der Waals surface area contributed by atoms with Crippen LogP contribution in [0.1, 0.15) is 0 Å². The average Bonchev–Trinajstić information content (AvgIpc) is 3.83. The first kappa shape index (κ1) is 32.9. The van der Waals surface area contributed by atoms with Gasteiger partial charge in [-0.3, -0.25) is 0 Å². The molecular weight excluding hydrogens is 683 g/mol. The Morgan fingerprint density at radius 3 is 1.12 bits per heavy atom. The van der Waals surface area contributed by atoms with Gasteiger partial charge in [0.25, 0.3) is 0 Å². The van der Waals surface area contributed by atoms with Gasteiger partial charge in [-0.1, -0.05) is 121 Å². The number of fused-ring (bicyclic) bond motifs is 2. The van der Waals surface area contributed by atoms with Crippen molar-refractivity contribution in [2.45, 2.75) is 0 Å². The van der Waals surface area contributed by atoms with Crippen LogP contribution in [0.3, 0.4) is 0 Å². The smallest absolute Gasteiger partial charge is 1.00 e. The molecule has 0 atom stereocenters. The van der Waals surface area contributed by atoms with E-state index < -0.39 is 0 Å². The summed E-state index contributed by atoms with van der Waals surface area (Å²) in [5.41, 5.74) is 5.22. The first-order valence-electron chi connectivity index (χ1n) is 13.4. The van der Waals surface area contributed by atoms with Crippen LogP contribution in [0, 0.1) is 0 Å². The van der Waals surface area contributed by atoms with Gasteiger partial charge < -0.3 is 24.8 Å². The van der Waals surface area contributed by atoms with Crippen molar-refractivity contribution >= 4 is 44.2 Å². The maximum Gasteiger partial charge on any atom is 4.00 e. The molecule has 43 heavy (non-hydrogen) atoms. The Morgan fingerprint density at radius 2 is 0.721 bits per heavy atom. The van der Waals surface area contributed by atoms with Crippen LogP contribution < -0.4 is 24.8 Å². The second kappa shape index (κ2) is 15.1. The molecule has 0 nitrogen and oxygen atoms in total. The summed E-state index contributed by atoms with van der Waals surface area (Å²) in [6.07, 6.45) is 0. The van der Waals surface area contributed by atoms with E-state index in [9.17, 15) is 0 Å². The molecule has 0 unspecified atom stereocenters. The molecule has 208 valence electrons. The standard InChI is InChI=1S/2C19H13S.2ClH.Zr/c2*1-2-6-14(7-3-1)18-10-11-19(20-18)17-12-15-8-4-5-9-16(15)13-17;;;/h2*1-13H;2*1H;/q2*-1;;;+4/p-2. The molecule has 0 aliphatic carbocycles. The van der Waals surface area contributed by atoms with E-state index in [1.165, 1.54) is 63.3 Å². The van der Waals surface area contributed by atoms with Gasteiger partial charge in [0, 0.05) is 9.75 Å².